The average Bonchev–Trinajstić information content (AvgIpc) is 3.21. The van der Waals surface area contributed by atoms with Crippen molar-refractivity contribution < 1.29 is 22.4 Å². The van der Waals surface area contributed by atoms with Crippen molar-refractivity contribution >= 4 is 21.8 Å². The number of sulfone groups is 1. The van der Waals surface area contributed by atoms with Crippen molar-refractivity contribution in [3.8, 4) is 17.2 Å². The molecule has 31 heavy (non-hydrogen) atoms. The maximum absolute atomic E-state index is 12.2. The van der Waals surface area contributed by atoms with Gasteiger partial charge in [-0.3, -0.25) is 10.1 Å². The van der Waals surface area contributed by atoms with Crippen molar-refractivity contribution in [3.05, 3.63) is 54.1 Å². The fourth-order valence-corrected chi connectivity index (χ4v) is 3.76. The van der Waals surface area contributed by atoms with E-state index in [-0.39, 0.29) is 23.4 Å². The lowest BCUT2D eigenvalue weighted by atomic mass is 10.0. The van der Waals surface area contributed by atoms with Gasteiger partial charge < -0.3 is 9.15 Å². The quantitative estimate of drug-likeness (QED) is 0.559. The van der Waals surface area contributed by atoms with E-state index in [0.717, 1.165) is 0 Å². The van der Waals surface area contributed by atoms with Crippen molar-refractivity contribution in [1.82, 2.24) is 10.2 Å². The first-order chi connectivity index (χ1) is 14.7. The number of carbonyl (C=O) groups excluding carboxylic acids is 1. The number of nitrogens with one attached hydrogen (secondary N) is 1. The maximum Gasteiger partial charge on any atom is 0.322 e. The second kappa shape index (κ2) is 9.30. The molecule has 0 saturated heterocycles. The van der Waals surface area contributed by atoms with Crippen molar-refractivity contribution in [2.24, 2.45) is 0 Å². The lowest BCUT2D eigenvalue weighted by Crippen LogP contribution is -2.20. The van der Waals surface area contributed by atoms with Crippen LogP contribution in [0.5, 0.6) is 5.75 Å². The van der Waals surface area contributed by atoms with Gasteiger partial charge in [-0.2, -0.15) is 0 Å². The minimum atomic E-state index is -3.36. The number of hydrogen-bond donors (Lipinski definition) is 1. The molecule has 3 rings (SSSR count). The Morgan fingerprint density at radius 3 is 2.23 bits per heavy atom. The standard InChI is InChI=1S/C22H25N3O5S/c1-14(2)16-5-9-18(10-6-16)29-13-20(26)23-22-25-24-21(30-22)17-7-11-19(12-8-17)31(27,28)15(3)4/h5-12,14-15H,13H2,1-4H3,(H,23,25,26). The van der Waals surface area contributed by atoms with Gasteiger partial charge in [-0.25, -0.2) is 8.42 Å². The van der Waals surface area contributed by atoms with Crippen LogP contribution in [0.3, 0.4) is 0 Å². The Hall–Kier alpha value is -3.20. The number of rotatable bonds is 8. The van der Waals surface area contributed by atoms with Crippen LogP contribution in [-0.4, -0.2) is 36.4 Å². The van der Waals surface area contributed by atoms with E-state index in [2.05, 4.69) is 29.4 Å². The van der Waals surface area contributed by atoms with Crippen LogP contribution >= 0.6 is 0 Å². The summed E-state index contributed by atoms with van der Waals surface area (Å²) in [5.74, 6) is 0.720. The zero-order valence-electron chi connectivity index (χ0n) is 17.8. The fourth-order valence-electron chi connectivity index (χ4n) is 2.70. The first kappa shape index (κ1) is 22.5. The molecule has 1 heterocycles. The smallest absolute Gasteiger partial charge is 0.322 e. The van der Waals surface area contributed by atoms with Gasteiger partial charge in [-0.05, 0) is 61.7 Å². The molecule has 164 valence electrons. The molecular formula is C22H25N3O5S. The first-order valence-electron chi connectivity index (χ1n) is 9.87. The van der Waals surface area contributed by atoms with Gasteiger partial charge in [-0.1, -0.05) is 31.1 Å². The predicted octanol–water partition coefficient (Wildman–Crippen LogP) is 4.06. The Morgan fingerprint density at radius 2 is 1.65 bits per heavy atom. The third-order valence-electron chi connectivity index (χ3n) is 4.64. The Morgan fingerprint density at radius 1 is 1.00 bits per heavy atom. The van der Waals surface area contributed by atoms with Crippen molar-refractivity contribution in [2.75, 3.05) is 11.9 Å². The summed E-state index contributed by atoms with van der Waals surface area (Å²) in [5.41, 5.74) is 1.72. The Labute approximate surface area is 181 Å². The summed E-state index contributed by atoms with van der Waals surface area (Å²) >= 11 is 0. The van der Waals surface area contributed by atoms with Crippen molar-refractivity contribution in [1.29, 1.82) is 0 Å². The Bertz CT molecular complexity index is 1130. The van der Waals surface area contributed by atoms with E-state index in [1.54, 1.807) is 26.0 Å². The molecule has 1 N–H and O–H groups in total. The molecule has 0 aliphatic rings. The van der Waals surface area contributed by atoms with Gasteiger partial charge in [0.25, 0.3) is 5.91 Å². The highest BCUT2D eigenvalue weighted by Gasteiger charge is 2.19. The summed E-state index contributed by atoms with van der Waals surface area (Å²) in [6.45, 7) is 7.25. The van der Waals surface area contributed by atoms with Gasteiger partial charge in [0.05, 0.1) is 10.1 Å². The van der Waals surface area contributed by atoms with Gasteiger partial charge in [0.15, 0.2) is 16.4 Å². The van der Waals surface area contributed by atoms with E-state index in [0.29, 0.717) is 17.2 Å². The number of amides is 1. The molecule has 0 radical (unpaired) electrons. The Kier molecular flexibility index (Phi) is 6.74. The normalized spacial score (nSPS) is 11.7. The molecule has 0 unspecified atom stereocenters. The molecule has 0 aliphatic carbocycles. The first-order valence-corrected chi connectivity index (χ1v) is 11.4. The molecule has 0 atom stereocenters. The van der Waals surface area contributed by atoms with Gasteiger partial charge in [0.2, 0.25) is 5.89 Å². The third-order valence-corrected chi connectivity index (χ3v) is 6.81. The highest BCUT2D eigenvalue weighted by Crippen LogP contribution is 2.23. The SMILES string of the molecule is CC(C)c1ccc(OCC(=O)Nc2nnc(-c3ccc(S(=O)(=O)C(C)C)cc3)o2)cc1. The number of carbonyl (C=O) groups is 1. The maximum atomic E-state index is 12.2. The molecule has 1 amide bonds. The largest absolute Gasteiger partial charge is 0.484 e. The number of ether oxygens (including phenoxy) is 1. The van der Waals surface area contributed by atoms with Gasteiger partial charge >= 0.3 is 6.01 Å². The second-order valence-electron chi connectivity index (χ2n) is 7.59. The minimum absolute atomic E-state index is 0.0716. The van der Waals surface area contributed by atoms with Crippen LogP contribution in [-0.2, 0) is 14.6 Å². The third kappa shape index (κ3) is 5.49. The van der Waals surface area contributed by atoms with Gasteiger partial charge in [-0.15, -0.1) is 5.10 Å². The van der Waals surface area contributed by atoms with E-state index in [4.69, 9.17) is 9.15 Å². The Balaban J connectivity index is 1.58. The topological polar surface area (TPSA) is 111 Å². The molecule has 0 saturated carbocycles. The number of benzene rings is 2. The highest BCUT2D eigenvalue weighted by molar-refractivity contribution is 7.92. The number of anilines is 1. The fraction of sp³-hybridized carbons (Fsp3) is 0.318. The molecule has 0 fully saturated rings. The number of aromatic nitrogens is 2. The lowest BCUT2D eigenvalue weighted by Gasteiger charge is -2.08. The molecule has 0 spiro atoms. The zero-order valence-corrected chi connectivity index (χ0v) is 18.6. The summed E-state index contributed by atoms with van der Waals surface area (Å²) in [4.78, 5) is 12.3. The van der Waals surface area contributed by atoms with Crippen LogP contribution in [0.25, 0.3) is 11.5 Å². The minimum Gasteiger partial charge on any atom is -0.484 e. The van der Waals surface area contributed by atoms with Crippen LogP contribution in [0.2, 0.25) is 0 Å². The number of hydrogen-bond acceptors (Lipinski definition) is 7. The van der Waals surface area contributed by atoms with Crippen molar-refractivity contribution in [3.63, 3.8) is 0 Å². The molecule has 9 heteroatoms. The zero-order chi connectivity index (χ0) is 22.6. The van der Waals surface area contributed by atoms with E-state index >= 15 is 0 Å². The molecule has 8 nitrogen and oxygen atoms in total. The molecule has 2 aromatic carbocycles. The van der Waals surface area contributed by atoms with E-state index in [9.17, 15) is 13.2 Å². The summed E-state index contributed by atoms with van der Waals surface area (Å²) in [6.07, 6.45) is 0. The summed E-state index contributed by atoms with van der Waals surface area (Å²) in [7, 11) is -3.36. The molecule has 1 aromatic heterocycles. The average molecular weight is 444 g/mol. The summed E-state index contributed by atoms with van der Waals surface area (Å²) in [6, 6.07) is 13.6. The highest BCUT2D eigenvalue weighted by atomic mass is 32.2. The molecule has 0 aliphatic heterocycles. The van der Waals surface area contributed by atoms with Crippen molar-refractivity contribution in [2.45, 2.75) is 43.8 Å². The predicted molar refractivity (Wildman–Crippen MR) is 117 cm³/mol. The van der Waals surface area contributed by atoms with Crippen LogP contribution in [0.4, 0.5) is 6.01 Å². The van der Waals surface area contributed by atoms with Crippen LogP contribution in [0.15, 0.2) is 57.8 Å². The van der Waals surface area contributed by atoms with Crippen LogP contribution in [0.1, 0.15) is 39.2 Å². The van der Waals surface area contributed by atoms with Gasteiger partial charge in [0, 0.05) is 5.56 Å². The second-order valence-corrected chi connectivity index (χ2v) is 10.1. The van der Waals surface area contributed by atoms with Crippen LogP contribution in [0, 0.1) is 0 Å². The van der Waals surface area contributed by atoms with E-state index in [1.807, 2.05) is 24.3 Å². The summed E-state index contributed by atoms with van der Waals surface area (Å²) < 4.78 is 35.3. The van der Waals surface area contributed by atoms with E-state index in [1.165, 1.54) is 17.7 Å². The monoisotopic (exact) mass is 443 g/mol. The number of nitrogens with zero attached hydrogens (tertiary/aromatic N) is 2. The molecule has 0 bridgehead atoms. The summed E-state index contributed by atoms with van der Waals surface area (Å²) in [5, 5.41) is 9.65. The van der Waals surface area contributed by atoms with Gasteiger partial charge in [0.1, 0.15) is 5.75 Å². The van der Waals surface area contributed by atoms with Crippen LogP contribution < -0.4 is 10.1 Å². The molecular weight excluding hydrogens is 418 g/mol. The molecule has 3 aromatic rings. The van der Waals surface area contributed by atoms with E-state index < -0.39 is 21.0 Å². The lowest BCUT2D eigenvalue weighted by molar-refractivity contribution is -0.118.